The summed E-state index contributed by atoms with van der Waals surface area (Å²) in [6, 6.07) is 0. The van der Waals surface area contributed by atoms with E-state index < -0.39 is 18.4 Å². The Balaban J connectivity index is 3.34. The Bertz CT molecular complexity index is 947. The number of carbonyl (C=O) groups excluding carboxylic acids is 1. The lowest BCUT2D eigenvalue weighted by molar-refractivity contribution is -0.870. The van der Waals surface area contributed by atoms with Crippen molar-refractivity contribution >= 4 is 11.9 Å². The number of ether oxygens (including phenoxy) is 3. The van der Waals surface area contributed by atoms with Crippen LogP contribution in [0.15, 0.2) is 24.3 Å². The molecule has 8 nitrogen and oxygen atoms in total. The van der Waals surface area contributed by atoms with E-state index in [1.54, 1.807) is 0 Å². The fourth-order valence-corrected chi connectivity index (χ4v) is 7.10. The molecule has 0 amide bonds. The first-order chi connectivity index (χ1) is 28.2. The molecule has 0 rings (SSSR count). The quantitative estimate of drug-likeness (QED) is 0.0207. The van der Waals surface area contributed by atoms with Crippen LogP contribution in [0.5, 0.6) is 0 Å². The second-order valence-electron chi connectivity index (χ2n) is 18.0. The number of esters is 1. The number of hydrogen-bond acceptors (Lipinski definition) is 6. The largest absolute Gasteiger partial charge is 0.477 e. The monoisotopic (exact) mass is 823 g/mol. The average Bonchev–Trinajstić information content (AvgIpc) is 3.19. The van der Waals surface area contributed by atoms with Gasteiger partial charge in [0.25, 0.3) is 6.29 Å². The van der Waals surface area contributed by atoms with E-state index in [4.69, 9.17) is 14.2 Å². The lowest BCUT2D eigenvalue weighted by atomic mass is 10.0. The predicted molar refractivity (Wildman–Crippen MR) is 244 cm³/mol. The smallest absolute Gasteiger partial charge is 0.361 e. The first-order valence-corrected chi connectivity index (χ1v) is 24.6. The molecular weight excluding hydrogens is 727 g/mol. The highest BCUT2D eigenvalue weighted by molar-refractivity contribution is 5.70. The molecule has 2 unspecified atom stereocenters. The Morgan fingerprint density at radius 3 is 1.28 bits per heavy atom. The van der Waals surface area contributed by atoms with Gasteiger partial charge < -0.3 is 28.9 Å². The molecule has 8 heteroatoms. The summed E-state index contributed by atoms with van der Waals surface area (Å²) in [7, 11) is 5.93. The molecule has 0 saturated carbocycles. The van der Waals surface area contributed by atoms with E-state index in [0.717, 1.165) is 25.7 Å². The van der Waals surface area contributed by atoms with E-state index in [1.165, 1.54) is 186 Å². The SMILES string of the molecule is CCCCCCC/C=C\C/C=C\CCCCCCCCCCCCCCCCCCCCCCCCCCCC(=O)OCC(O)COC(OCC[N+](C)(C)C)C(=O)O. The summed E-state index contributed by atoms with van der Waals surface area (Å²) in [4.78, 5) is 23.3. The van der Waals surface area contributed by atoms with Gasteiger partial charge in [-0.1, -0.05) is 205 Å². The maximum Gasteiger partial charge on any atom is 0.361 e. The second-order valence-corrected chi connectivity index (χ2v) is 18.0. The maximum absolute atomic E-state index is 12.0. The van der Waals surface area contributed by atoms with Crippen LogP contribution in [0.2, 0.25) is 0 Å². The van der Waals surface area contributed by atoms with Crippen molar-refractivity contribution < 1.29 is 38.5 Å². The van der Waals surface area contributed by atoms with Crippen molar-refractivity contribution in [2.45, 2.75) is 238 Å². The number of nitrogens with zero attached hydrogens (tertiary/aromatic N) is 1. The van der Waals surface area contributed by atoms with Gasteiger partial charge in [0.15, 0.2) is 0 Å². The Labute approximate surface area is 358 Å². The highest BCUT2D eigenvalue weighted by Crippen LogP contribution is 2.16. The van der Waals surface area contributed by atoms with E-state index in [1.807, 2.05) is 21.1 Å². The summed E-state index contributed by atoms with van der Waals surface area (Å²) in [5.41, 5.74) is 0. The third-order valence-electron chi connectivity index (χ3n) is 10.9. The molecule has 0 aliphatic rings. The molecule has 0 heterocycles. The number of aliphatic carboxylic acids is 1. The topological polar surface area (TPSA) is 102 Å². The highest BCUT2D eigenvalue weighted by Gasteiger charge is 2.22. The van der Waals surface area contributed by atoms with E-state index >= 15 is 0 Å². The van der Waals surface area contributed by atoms with Crippen LogP contribution in [0.3, 0.4) is 0 Å². The van der Waals surface area contributed by atoms with Gasteiger partial charge >= 0.3 is 11.9 Å². The number of hydrogen-bond donors (Lipinski definition) is 2. The molecular formula is C50H96NO7+. The van der Waals surface area contributed by atoms with E-state index in [9.17, 15) is 19.8 Å². The van der Waals surface area contributed by atoms with Gasteiger partial charge in [-0.2, -0.15) is 0 Å². The third-order valence-corrected chi connectivity index (χ3v) is 10.9. The normalized spacial score (nSPS) is 13.2. The lowest BCUT2D eigenvalue weighted by Gasteiger charge is -2.24. The van der Waals surface area contributed by atoms with Gasteiger partial charge in [-0.05, 0) is 38.5 Å². The zero-order valence-corrected chi connectivity index (χ0v) is 38.7. The number of aliphatic hydroxyl groups excluding tert-OH is 1. The molecule has 0 fully saturated rings. The van der Waals surface area contributed by atoms with Gasteiger partial charge in [0, 0.05) is 6.42 Å². The maximum atomic E-state index is 12.0. The minimum Gasteiger partial charge on any atom is -0.477 e. The number of quaternary nitrogens is 1. The molecule has 0 saturated heterocycles. The summed E-state index contributed by atoms with van der Waals surface area (Å²) in [6.07, 6.45) is 51.2. The van der Waals surface area contributed by atoms with Crippen molar-refractivity contribution in [3.8, 4) is 0 Å². The van der Waals surface area contributed by atoms with Gasteiger partial charge in [0.05, 0.1) is 34.4 Å². The first kappa shape index (κ1) is 56.3. The Hall–Kier alpha value is -1.74. The molecule has 2 atom stereocenters. The molecule has 0 aromatic rings. The van der Waals surface area contributed by atoms with Crippen LogP contribution in [-0.2, 0) is 23.8 Å². The van der Waals surface area contributed by atoms with Crippen LogP contribution in [0.4, 0.5) is 0 Å². The molecule has 0 aromatic heterocycles. The molecule has 0 aromatic carbocycles. The summed E-state index contributed by atoms with van der Waals surface area (Å²) in [5, 5.41) is 19.3. The van der Waals surface area contributed by atoms with Gasteiger partial charge in [-0.25, -0.2) is 4.79 Å². The highest BCUT2D eigenvalue weighted by atomic mass is 16.7. The zero-order valence-electron chi connectivity index (χ0n) is 38.7. The number of carboxylic acid groups (broad SMARTS) is 1. The van der Waals surface area contributed by atoms with Crippen LogP contribution in [0.25, 0.3) is 0 Å². The minimum atomic E-state index is -1.46. The molecule has 2 N–H and O–H groups in total. The van der Waals surface area contributed by atoms with Crippen molar-refractivity contribution in [2.24, 2.45) is 0 Å². The summed E-state index contributed by atoms with van der Waals surface area (Å²) >= 11 is 0. The van der Waals surface area contributed by atoms with Crippen LogP contribution >= 0.6 is 0 Å². The number of unbranched alkanes of at least 4 members (excludes halogenated alkanes) is 30. The molecule has 0 bridgehead atoms. The van der Waals surface area contributed by atoms with Crippen LogP contribution < -0.4 is 0 Å². The lowest BCUT2D eigenvalue weighted by Crippen LogP contribution is -2.40. The van der Waals surface area contributed by atoms with Gasteiger partial charge in [-0.3, -0.25) is 4.79 Å². The van der Waals surface area contributed by atoms with Crippen molar-refractivity contribution in [3.63, 3.8) is 0 Å². The Kier molecular flexibility index (Phi) is 42.1. The van der Waals surface area contributed by atoms with Gasteiger partial charge in [-0.15, -0.1) is 0 Å². The number of aliphatic hydroxyl groups is 1. The Morgan fingerprint density at radius 2 is 0.897 bits per heavy atom. The third kappa shape index (κ3) is 45.3. The van der Waals surface area contributed by atoms with Crippen molar-refractivity contribution in [1.29, 1.82) is 0 Å². The van der Waals surface area contributed by atoms with Crippen LogP contribution in [0, 0.1) is 0 Å². The fourth-order valence-electron chi connectivity index (χ4n) is 7.10. The van der Waals surface area contributed by atoms with E-state index in [0.29, 0.717) is 17.4 Å². The molecule has 58 heavy (non-hydrogen) atoms. The average molecular weight is 823 g/mol. The number of allylic oxidation sites excluding steroid dienone is 4. The van der Waals surface area contributed by atoms with Crippen LogP contribution in [-0.4, -0.2) is 86.5 Å². The molecule has 0 aliphatic carbocycles. The predicted octanol–water partition coefficient (Wildman–Crippen LogP) is 13.4. The second kappa shape index (κ2) is 43.4. The van der Waals surface area contributed by atoms with Crippen molar-refractivity contribution in [2.75, 3.05) is 47.5 Å². The Morgan fingerprint density at radius 1 is 0.517 bits per heavy atom. The van der Waals surface area contributed by atoms with Crippen molar-refractivity contribution in [1.82, 2.24) is 0 Å². The van der Waals surface area contributed by atoms with E-state index in [-0.39, 0.29) is 25.8 Å². The van der Waals surface area contributed by atoms with Crippen molar-refractivity contribution in [3.05, 3.63) is 24.3 Å². The fraction of sp³-hybridized carbons (Fsp3) is 0.880. The van der Waals surface area contributed by atoms with Gasteiger partial charge in [0.2, 0.25) is 0 Å². The van der Waals surface area contributed by atoms with E-state index in [2.05, 4.69) is 31.2 Å². The number of likely N-dealkylation sites (N-methyl/N-ethyl adjacent to an activating group) is 1. The molecule has 0 aliphatic heterocycles. The van der Waals surface area contributed by atoms with Crippen LogP contribution in [0.1, 0.15) is 225 Å². The summed E-state index contributed by atoms with van der Waals surface area (Å²) < 4.78 is 16.2. The molecule has 0 radical (unpaired) electrons. The minimum absolute atomic E-state index is 0.212. The first-order valence-electron chi connectivity index (χ1n) is 24.6. The number of carbonyl (C=O) groups is 2. The summed E-state index contributed by atoms with van der Waals surface area (Å²) in [5.74, 6) is -1.60. The number of carboxylic acids is 1. The number of rotatable bonds is 46. The molecule has 0 spiro atoms. The summed E-state index contributed by atoms with van der Waals surface area (Å²) in [6.45, 7) is 2.60. The molecule has 342 valence electrons. The standard InChI is InChI=1S/C50H95NO7/c1-5-6-7-8-9-10-11-12-13-14-15-16-17-18-19-20-21-22-23-24-25-26-27-28-29-30-31-32-33-34-35-36-37-38-39-40-41-42-48(53)57-45-47(52)46-58-50(49(54)55)56-44-43-51(2,3)4/h11-12,14-15,47,50,52H,5-10,13,16-46H2,1-4H3/p+1/b12-11-,15-14-. The zero-order chi connectivity index (χ0) is 42.6. The van der Waals surface area contributed by atoms with Gasteiger partial charge in [0.1, 0.15) is 19.3 Å².